The molecule has 3 N–H and O–H groups in total. The topological polar surface area (TPSA) is 98.7 Å². The van der Waals surface area contributed by atoms with E-state index in [9.17, 15) is 14.4 Å². The molecule has 0 aliphatic carbocycles. The predicted molar refractivity (Wildman–Crippen MR) is 105 cm³/mol. The zero-order valence-electron chi connectivity index (χ0n) is 15.5. The molecule has 0 radical (unpaired) electrons. The standard InChI is InChI=1S/C21H23N3O4/c25-19(13-15-6-8-17(9-7-15)20(26)27)22-14-16-4-3-5-18(12-16)23-21(28)24-10-1-2-11-24/h3-9,12H,1-2,10-11,13-14H2,(H,22,25)(H,23,28)(H,26,27). The van der Waals surface area contributed by atoms with Gasteiger partial charge in [0.25, 0.3) is 0 Å². The van der Waals surface area contributed by atoms with Crippen molar-refractivity contribution in [3.05, 3.63) is 65.2 Å². The number of hydrogen-bond donors (Lipinski definition) is 3. The second-order valence-electron chi connectivity index (χ2n) is 6.78. The Hall–Kier alpha value is -3.35. The number of carbonyl (C=O) groups excluding carboxylic acids is 2. The van der Waals surface area contributed by atoms with Crippen LogP contribution in [-0.2, 0) is 17.8 Å². The van der Waals surface area contributed by atoms with Crippen molar-refractivity contribution in [2.24, 2.45) is 0 Å². The van der Waals surface area contributed by atoms with Crippen LogP contribution in [0.4, 0.5) is 10.5 Å². The first kappa shape index (κ1) is 19.4. The first-order valence-electron chi connectivity index (χ1n) is 9.25. The largest absolute Gasteiger partial charge is 0.478 e. The number of carboxylic acids is 1. The monoisotopic (exact) mass is 381 g/mol. The third kappa shape index (κ3) is 5.33. The van der Waals surface area contributed by atoms with E-state index in [0.29, 0.717) is 12.2 Å². The summed E-state index contributed by atoms with van der Waals surface area (Å²) in [6.45, 7) is 1.92. The zero-order chi connectivity index (χ0) is 19.9. The molecule has 28 heavy (non-hydrogen) atoms. The molecular formula is C21H23N3O4. The van der Waals surface area contributed by atoms with Crippen molar-refractivity contribution in [1.82, 2.24) is 10.2 Å². The SMILES string of the molecule is O=C(Cc1ccc(C(=O)O)cc1)NCc1cccc(NC(=O)N2CCCC2)c1. The van der Waals surface area contributed by atoms with Crippen molar-refractivity contribution in [1.29, 1.82) is 0 Å². The second kappa shape index (κ2) is 9.03. The molecule has 7 heteroatoms. The summed E-state index contributed by atoms with van der Waals surface area (Å²) in [5, 5.41) is 14.6. The van der Waals surface area contributed by atoms with Crippen molar-refractivity contribution >= 4 is 23.6 Å². The van der Waals surface area contributed by atoms with Gasteiger partial charge >= 0.3 is 12.0 Å². The molecule has 7 nitrogen and oxygen atoms in total. The molecule has 1 saturated heterocycles. The number of hydrogen-bond acceptors (Lipinski definition) is 3. The Bertz CT molecular complexity index is 858. The van der Waals surface area contributed by atoms with E-state index in [2.05, 4.69) is 10.6 Å². The van der Waals surface area contributed by atoms with Crippen LogP contribution in [0, 0.1) is 0 Å². The Morgan fingerprint density at radius 1 is 0.964 bits per heavy atom. The fraction of sp³-hybridized carbons (Fsp3) is 0.286. The van der Waals surface area contributed by atoms with E-state index in [-0.39, 0.29) is 23.9 Å². The summed E-state index contributed by atoms with van der Waals surface area (Å²) in [4.78, 5) is 37.0. The van der Waals surface area contributed by atoms with Gasteiger partial charge in [0.15, 0.2) is 0 Å². The minimum absolute atomic E-state index is 0.0940. The van der Waals surface area contributed by atoms with Gasteiger partial charge in [0, 0.05) is 25.3 Å². The second-order valence-corrected chi connectivity index (χ2v) is 6.78. The van der Waals surface area contributed by atoms with E-state index >= 15 is 0 Å². The fourth-order valence-corrected chi connectivity index (χ4v) is 3.10. The Morgan fingerprint density at radius 2 is 1.68 bits per heavy atom. The first-order chi connectivity index (χ1) is 13.5. The lowest BCUT2D eigenvalue weighted by molar-refractivity contribution is -0.120. The molecule has 146 valence electrons. The number of urea groups is 1. The fourth-order valence-electron chi connectivity index (χ4n) is 3.10. The van der Waals surface area contributed by atoms with Gasteiger partial charge in [-0.2, -0.15) is 0 Å². The Kier molecular flexibility index (Phi) is 6.26. The maximum absolute atomic E-state index is 12.2. The highest BCUT2D eigenvalue weighted by atomic mass is 16.4. The first-order valence-corrected chi connectivity index (χ1v) is 9.25. The highest BCUT2D eigenvalue weighted by Crippen LogP contribution is 2.14. The van der Waals surface area contributed by atoms with Crippen LogP contribution in [0.2, 0.25) is 0 Å². The van der Waals surface area contributed by atoms with Crippen LogP contribution in [0.5, 0.6) is 0 Å². The van der Waals surface area contributed by atoms with Gasteiger partial charge in [-0.05, 0) is 48.2 Å². The number of aromatic carboxylic acids is 1. The summed E-state index contributed by atoms with van der Waals surface area (Å²) in [5.74, 6) is -1.15. The van der Waals surface area contributed by atoms with Crippen LogP contribution in [0.3, 0.4) is 0 Å². The van der Waals surface area contributed by atoms with E-state index < -0.39 is 5.97 Å². The summed E-state index contributed by atoms with van der Waals surface area (Å²) >= 11 is 0. The maximum Gasteiger partial charge on any atom is 0.335 e. The maximum atomic E-state index is 12.2. The molecule has 1 fully saturated rings. The van der Waals surface area contributed by atoms with Gasteiger partial charge in [0.1, 0.15) is 0 Å². The molecule has 0 saturated carbocycles. The van der Waals surface area contributed by atoms with Crippen molar-refractivity contribution in [2.75, 3.05) is 18.4 Å². The molecule has 2 aromatic rings. The quantitative estimate of drug-likeness (QED) is 0.716. The van der Waals surface area contributed by atoms with Crippen LogP contribution in [0.25, 0.3) is 0 Å². The smallest absolute Gasteiger partial charge is 0.335 e. The minimum atomic E-state index is -0.993. The molecule has 0 bridgehead atoms. The zero-order valence-corrected chi connectivity index (χ0v) is 15.5. The third-order valence-corrected chi connectivity index (χ3v) is 4.63. The number of nitrogens with zero attached hydrogens (tertiary/aromatic N) is 1. The number of carboxylic acid groups (broad SMARTS) is 1. The summed E-state index contributed by atoms with van der Waals surface area (Å²) in [6.07, 6.45) is 2.25. The molecule has 1 aliphatic rings. The van der Waals surface area contributed by atoms with Crippen molar-refractivity contribution < 1.29 is 19.5 Å². The average Bonchev–Trinajstić information content (AvgIpc) is 3.22. The molecule has 0 aromatic heterocycles. The highest BCUT2D eigenvalue weighted by Gasteiger charge is 2.17. The summed E-state index contributed by atoms with van der Waals surface area (Å²) in [6, 6.07) is 13.5. The predicted octanol–water partition coefficient (Wildman–Crippen LogP) is 2.87. The van der Waals surface area contributed by atoms with E-state index in [1.807, 2.05) is 24.3 Å². The van der Waals surface area contributed by atoms with Gasteiger partial charge in [-0.1, -0.05) is 24.3 Å². The van der Waals surface area contributed by atoms with E-state index in [4.69, 9.17) is 5.11 Å². The average molecular weight is 381 g/mol. The van der Waals surface area contributed by atoms with Gasteiger partial charge in [0.05, 0.1) is 12.0 Å². The Labute approximate surface area is 163 Å². The van der Waals surface area contributed by atoms with E-state index in [1.54, 1.807) is 17.0 Å². The van der Waals surface area contributed by atoms with E-state index in [0.717, 1.165) is 37.1 Å². The van der Waals surface area contributed by atoms with Crippen LogP contribution in [-0.4, -0.2) is 41.0 Å². The summed E-state index contributed by atoms with van der Waals surface area (Å²) < 4.78 is 0. The number of amides is 3. The third-order valence-electron chi connectivity index (χ3n) is 4.63. The number of benzene rings is 2. The Balaban J connectivity index is 1.50. The molecule has 1 aliphatic heterocycles. The molecule has 0 unspecified atom stereocenters. The minimum Gasteiger partial charge on any atom is -0.478 e. The number of carbonyl (C=O) groups is 3. The molecule has 2 aromatic carbocycles. The van der Waals surface area contributed by atoms with Gasteiger partial charge in [-0.25, -0.2) is 9.59 Å². The van der Waals surface area contributed by atoms with Gasteiger partial charge in [-0.15, -0.1) is 0 Å². The van der Waals surface area contributed by atoms with Gasteiger partial charge in [-0.3, -0.25) is 4.79 Å². The molecule has 0 atom stereocenters. The van der Waals surface area contributed by atoms with Crippen LogP contribution >= 0.6 is 0 Å². The lowest BCUT2D eigenvalue weighted by Gasteiger charge is -2.16. The van der Waals surface area contributed by atoms with Crippen molar-refractivity contribution in [3.63, 3.8) is 0 Å². The normalized spacial score (nSPS) is 13.2. The molecule has 0 spiro atoms. The molecule has 1 heterocycles. The number of rotatable bonds is 6. The highest BCUT2D eigenvalue weighted by molar-refractivity contribution is 5.89. The molecular weight excluding hydrogens is 358 g/mol. The van der Waals surface area contributed by atoms with E-state index in [1.165, 1.54) is 12.1 Å². The van der Waals surface area contributed by atoms with Crippen molar-refractivity contribution in [3.8, 4) is 0 Å². The summed E-state index contributed by atoms with van der Waals surface area (Å²) in [5.41, 5.74) is 2.52. The number of anilines is 1. The van der Waals surface area contributed by atoms with Gasteiger partial charge < -0.3 is 20.6 Å². The number of likely N-dealkylation sites (tertiary alicyclic amines) is 1. The molecule has 3 rings (SSSR count). The molecule has 3 amide bonds. The van der Waals surface area contributed by atoms with Gasteiger partial charge in [0.2, 0.25) is 5.91 Å². The lowest BCUT2D eigenvalue weighted by atomic mass is 10.1. The van der Waals surface area contributed by atoms with Crippen LogP contribution in [0.1, 0.15) is 34.3 Å². The van der Waals surface area contributed by atoms with Crippen LogP contribution < -0.4 is 10.6 Å². The summed E-state index contributed by atoms with van der Waals surface area (Å²) in [7, 11) is 0. The van der Waals surface area contributed by atoms with Crippen molar-refractivity contribution in [2.45, 2.75) is 25.8 Å². The lowest BCUT2D eigenvalue weighted by Crippen LogP contribution is -2.32. The number of nitrogens with one attached hydrogen (secondary N) is 2. The van der Waals surface area contributed by atoms with Crippen LogP contribution in [0.15, 0.2) is 48.5 Å². The Morgan fingerprint density at radius 3 is 2.36 bits per heavy atom.